The molecule has 2 N–H and O–H groups in total. The van der Waals surface area contributed by atoms with Crippen molar-refractivity contribution < 1.29 is 9.18 Å². The molecule has 0 atom stereocenters. The van der Waals surface area contributed by atoms with Crippen molar-refractivity contribution in [3.8, 4) is 0 Å². The van der Waals surface area contributed by atoms with Gasteiger partial charge >= 0.3 is 0 Å². The first-order valence-corrected chi connectivity index (χ1v) is 7.32. The maximum Gasteiger partial charge on any atom is 0.251 e. The minimum absolute atomic E-state index is 0.145. The Labute approximate surface area is 131 Å². The summed E-state index contributed by atoms with van der Waals surface area (Å²) in [7, 11) is 0. The number of hydrogen-bond acceptors (Lipinski definition) is 2. The summed E-state index contributed by atoms with van der Waals surface area (Å²) in [4.78, 5) is 26.7. The summed E-state index contributed by atoms with van der Waals surface area (Å²) >= 11 is 0. The van der Waals surface area contributed by atoms with Gasteiger partial charge in [-0.2, -0.15) is 0 Å². The third-order valence-electron chi connectivity index (χ3n) is 4.17. The quantitative estimate of drug-likeness (QED) is 0.764. The number of benzene rings is 2. The molecule has 1 aromatic heterocycles. The van der Waals surface area contributed by atoms with Crippen LogP contribution in [-0.4, -0.2) is 10.9 Å². The molecule has 0 saturated heterocycles. The van der Waals surface area contributed by atoms with E-state index in [0.717, 1.165) is 10.9 Å². The lowest BCUT2D eigenvalue weighted by Crippen LogP contribution is -2.14. The predicted octanol–water partition coefficient (Wildman–Crippen LogP) is 2.50. The van der Waals surface area contributed by atoms with E-state index in [9.17, 15) is 14.0 Å². The second-order valence-electron chi connectivity index (χ2n) is 5.67. The van der Waals surface area contributed by atoms with Crippen LogP contribution in [0.1, 0.15) is 27.0 Å². The summed E-state index contributed by atoms with van der Waals surface area (Å²) in [6.45, 7) is 0.349. The van der Waals surface area contributed by atoms with Crippen LogP contribution in [0.15, 0.2) is 47.3 Å². The zero-order valence-corrected chi connectivity index (χ0v) is 12.2. The van der Waals surface area contributed by atoms with E-state index in [1.54, 1.807) is 12.1 Å². The molecule has 0 bridgehead atoms. The molecule has 4 rings (SSSR count). The van der Waals surface area contributed by atoms with Crippen LogP contribution in [0.2, 0.25) is 0 Å². The summed E-state index contributed by atoms with van der Waals surface area (Å²) in [5.74, 6) is -0.596. The molecule has 23 heavy (non-hydrogen) atoms. The number of H-pyrrole nitrogens is 1. The number of carbonyl (C=O) groups excluding carboxylic acids is 1. The highest BCUT2D eigenvalue weighted by molar-refractivity contribution is 5.98. The molecule has 0 unspecified atom stereocenters. The number of aromatic nitrogens is 1. The number of nitrogens with one attached hydrogen (secondary N) is 2. The van der Waals surface area contributed by atoms with Gasteiger partial charge in [0.05, 0.1) is 0 Å². The van der Waals surface area contributed by atoms with E-state index in [-0.39, 0.29) is 17.9 Å². The molecule has 114 valence electrons. The SMILES string of the molecule is O=C1NCc2cc(F)c(Cc3cc4ccccc4[nH]c3=O)cc21. The predicted molar refractivity (Wildman–Crippen MR) is 84.9 cm³/mol. The van der Waals surface area contributed by atoms with E-state index in [0.29, 0.717) is 28.8 Å². The Kier molecular flexibility index (Phi) is 3.01. The van der Waals surface area contributed by atoms with Gasteiger partial charge in [0.25, 0.3) is 11.5 Å². The lowest BCUT2D eigenvalue weighted by Gasteiger charge is -2.07. The van der Waals surface area contributed by atoms with E-state index >= 15 is 0 Å². The molecule has 5 heteroatoms. The van der Waals surface area contributed by atoms with Crippen molar-refractivity contribution >= 4 is 16.8 Å². The maximum absolute atomic E-state index is 14.3. The van der Waals surface area contributed by atoms with Crippen molar-refractivity contribution in [2.75, 3.05) is 0 Å². The van der Waals surface area contributed by atoms with Crippen LogP contribution >= 0.6 is 0 Å². The van der Waals surface area contributed by atoms with Crippen LogP contribution < -0.4 is 10.9 Å². The molecule has 0 saturated carbocycles. The van der Waals surface area contributed by atoms with E-state index < -0.39 is 5.82 Å². The molecule has 0 radical (unpaired) electrons. The summed E-state index contributed by atoms with van der Waals surface area (Å²) in [6, 6.07) is 12.1. The van der Waals surface area contributed by atoms with Gasteiger partial charge in [0.1, 0.15) is 5.82 Å². The molecule has 0 fully saturated rings. The van der Waals surface area contributed by atoms with Gasteiger partial charge < -0.3 is 10.3 Å². The molecule has 1 aliphatic rings. The van der Waals surface area contributed by atoms with Gasteiger partial charge in [-0.05, 0) is 40.8 Å². The maximum atomic E-state index is 14.3. The number of carbonyl (C=O) groups is 1. The Morgan fingerprint density at radius 3 is 2.74 bits per heavy atom. The summed E-state index contributed by atoms with van der Waals surface area (Å²) in [5, 5.41) is 3.56. The highest BCUT2D eigenvalue weighted by atomic mass is 19.1. The van der Waals surface area contributed by atoms with E-state index in [2.05, 4.69) is 10.3 Å². The van der Waals surface area contributed by atoms with Crippen LogP contribution in [0.5, 0.6) is 0 Å². The molecular weight excluding hydrogens is 295 g/mol. The average Bonchev–Trinajstić information content (AvgIpc) is 2.89. The second-order valence-corrected chi connectivity index (χ2v) is 5.67. The van der Waals surface area contributed by atoms with Crippen LogP contribution in [0.3, 0.4) is 0 Å². The molecular formula is C18H13FN2O2. The first-order chi connectivity index (χ1) is 11.1. The van der Waals surface area contributed by atoms with Gasteiger partial charge in [-0.3, -0.25) is 9.59 Å². The van der Waals surface area contributed by atoms with Gasteiger partial charge in [0, 0.05) is 29.6 Å². The van der Waals surface area contributed by atoms with Gasteiger partial charge in [0.2, 0.25) is 0 Å². The first kappa shape index (κ1) is 13.7. The van der Waals surface area contributed by atoms with Crippen molar-refractivity contribution in [1.82, 2.24) is 10.3 Å². The standard InChI is InChI=1S/C18H13FN2O2/c19-15-8-13-9-20-18(23)14(13)7-11(15)6-12-5-10-3-1-2-4-16(10)21-17(12)22/h1-5,7-8H,6,9H2,(H,20,23)(H,21,22). The summed E-state index contributed by atoms with van der Waals surface area (Å²) < 4.78 is 14.3. The van der Waals surface area contributed by atoms with Crippen LogP contribution in [0.4, 0.5) is 4.39 Å². The number of pyridine rings is 1. The molecule has 3 aromatic rings. The zero-order valence-electron chi connectivity index (χ0n) is 12.2. The van der Waals surface area contributed by atoms with Crippen LogP contribution in [0, 0.1) is 5.82 Å². The molecule has 2 aromatic carbocycles. The largest absolute Gasteiger partial charge is 0.348 e. The monoisotopic (exact) mass is 308 g/mol. The normalized spacial score (nSPS) is 13.2. The number of aromatic amines is 1. The Bertz CT molecular complexity index is 1010. The highest BCUT2D eigenvalue weighted by Gasteiger charge is 2.21. The van der Waals surface area contributed by atoms with Gasteiger partial charge in [0.15, 0.2) is 0 Å². The first-order valence-electron chi connectivity index (χ1n) is 7.32. The van der Waals surface area contributed by atoms with Crippen LogP contribution in [0.25, 0.3) is 10.9 Å². The van der Waals surface area contributed by atoms with Crippen molar-refractivity contribution in [3.63, 3.8) is 0 Å². The van der Waals surface area contributed by atoms with Gasteiger partial charge in [-0.1, -0.05) is 18.2 Å². The molecule has 0 spiro atoms. The Morgan fingerprint density at radius 1 is 1.04 bits per heavy atom. The fourth-order valence-electron chi connectivity index (χ4n) is 2.95. The molecule has 1 amide bonds. The third-order valence-corrected chi connectivity index (χ3v) is 4.17. The van der Waals surface area contributed by atoms with Gasteiger partial charge in [-0.15, -0.1) is 0 Å². The average molecular weight is 308 g/mol. The van der Waals surface area contributed by atoms with Crippen molar-refractivity contribution in [2.24, 2.45) is 0 Å². The third kappa shape index (κ3) is 2.30. The molecule has 2 heterocycles. The number of fused-ring (bicyclic) bond motifs is 2. The minimum atomic E-state index is -0.396. The van der Waals surface area contributed by atoms with E-state index in [1.807, 2.05) is 24.3 Å². The zero-order chi connectivity index (χ0) is 16.0. The van der Waals surface area contributed by atoms with Crippen molar-refractivity contribution in [3.05, 3.63) is 80.9 Å². The summed E-state index contributed by atoms with van der Waals surface area (Å²) in [6.07, 6.45) is 0.145. The lowest BCUT2D eigenvalue weighted by atomic mass is 9.99. The fourth-order valence-corrected chi connectivity index (χ4v) is 2.95. The van der Waals surface area contributed by atoms with Gasteiger partial charge in [-0.25, -0.2) is 4.39 Å². The molecule has 0 aliphatic carbocycles. The number of halogens is 1. The van der Waals surface area contributed by atoms with E-state index in [4.69, 9.17) is 0 Å². The smallest absolute Gasteiger partial charge is 0.251 e. The second kappa shape index (κ2) is 5.05. The number of rotatable bonds is 2. The fraction of sp³-hybridized carbons (Fsp3) is 0.111. The molecule has 4 nitrogen and oxygen atoms in total. The summed E-state index contributed by atoms with van der Waals surface area (Å²) in [5.41, 5.74) is 2.47. The van der Waals surface area contributed by atoms with E-state index in [1.165, 1.54) is 6.07 Å². The lowest BCUT2D eigenvalue weighted by molar-refractivity contribution is 0.0965. The Balaban J connectivity index is 1.79. The Morgan fingerprint density at radius 2 is 1.87 bits per heavy atom. The van der Waals surface area contributed by atoms with Crippen molar-refractivity contribution in [1.29, 1.82) is 0 Å². The highest BCUT2D eigenvalue weighted by Crippen LogP contribution is 2.22. The van der Waals surface area contributed by atoms with Crippen molar-refractivity contribution in [2.45, 2.75) is 13.0 Å². The topological polar surface area (TPSA) is 62.0 Å². The Hall–Kier alpha value is -2.95. The number of amides is 1. The number of para-hydroxylation sites is 1. The number of hydrogen-bond donors (Lipinski definition) is 2. The minimum Gasteiger partial charge on any atom is -0.348 e. The van der Waals surface area contributed by atoms with Crippen LogP contribution in [-0.2, 0) is 13.0 Å². The molecule has 1 aliphatic heterocycles.